The number of nitrogens with two attached hydrogens (primary N) is 2. The molecule has 1 aliphatic heterocycles. The third-order valence-electron chi connectivity index (χ3n) is 3.42. The molecular formula is C17H20N5O3P. The highest BCUT2D eigenvalue weighted by molar-refractivity contribution is 7.60. The number of aromatic nitrogens is 3. The lowest BCUT2D eigenvalue weighted by atomic mass is 10.0. The van der Waals surface area contributed by atoms with E-state index in [2.05, 4.69) is 15.0 Å². The molecule has 0 fully saturated rings. The van der Waals surface area contributed by atoms with Gasteiger partial charge in [-0.1, -0.05) is 43.8 Å². The molecule has 3 aromatic rings. The number of rotatable bonds is 0. The van der Waals surface area contributed by atoms with Crippen LogP contribution in [0.3, 0.4) is 0 Å². The molecule has 0 bridgehead atoms. The highest BCUT2D eigenvalue weighted by Gasteiger charge is 2.26. The molecule has 1 aromatic heterocycles. The standard InChI is InChI=1S/C12H9O3P.C4H7N5.CH4/c13-16(14)12-8-4-2-6-10(12)9-5-1-3-7-11(9)15-16;1-2-7-3(5)9-4(6)8-2;/h1-8H,(H,13,14);1H3,(H4,5,6,7,8,9);1H4. The first kappa shape index (κ1) is 19.4. The van der Waals surface area contributed by atoms with Crippen molar-refractivity contribution in [3.8, 4) is 16.9 Å². The third-order valence-corrected chi connectivity index (χ3v) is 4.83. The Morgan fingerprint density at radius 1 is 1.00 bits per heavy atom. The van der Waals surface area contributed by atoms with Crippen molar-refractivity contribution in [2.75, 3.05) is 11.5 Å². The second kappa shape index (κ2) is 7.51. The third kappa shape index (κ3) is 3.99. The lowest BCUT2D eigenvalue weighted by molar-refractivity contribution is -0.351. The van der Waals surface area contributed by atoms with E-state index in [0.29, 0.717) is 29.0 Å². The van der Waals surface area contributed by atoms with E-state index in [1.54, 1.807) is 37.3 Å². The predicted molar refractivity (Wildman–Crippen MR) is 98.6 cm³/mol. The Kier molecular flexibility index (Phi) is 5.59. The van der Waals surface area contributed by atoms with Crippen LogP contribution in [-0.4, -0.2) is 9.97 Å². The van der Waals surface area contributed by atoms with Gasteiger partial charge in [0.15, 0.2) is 0 Å². The summed E-state index contributed by atoms with van der Waals surface area (Å²) in [5.41, 5.74) is 12.1. The van der Waals surface area contributed by atoms with Gasteiger partial charge < -0.3 is 20.9 Å². The summed E-state index contributed by atoms with van der Waals surface area (Å²) in [5, 5.41) is 0.258. The minimum Gasteiger partial charge on any atom is -0.765 e. The molecule has 8 nitrogen and oxygen atoms in total. The van der Waals surface area contributed by atoms with Gasteiger partial charge in [0.25, 0.3) is 0 Å². The Morgan fingerprint density at radius 3 is 2.15 bits per heavy atom. The van der Waals surface area contributed by atoms with E-state index in [9.17, 15) is 9.46 Å². The highest BCUT2D eigenvalue weighted by Crippen LogP contribution is 2.48. The maximum atomic E-state index is 11.8. The number of hydrogen-bond acceptors (Lipinski definition) is 7. The van der Waals surface area contributed by atoms with Gasteiger partial charge in [0, 0.05) is 17.8 Å². The van der Waals surface area contributed by atoms with Gasteiger partial charge >= 0.3 is 11.9 Å². The lowest BCUT2D eigenvalue weighted by Gasteiger charge is -2.31. The van der Waals surface area contributed by atoms with Crippen LogP contribution in [0, 0.1) is 6.92 Å². The molecule has 1 atom stereocenters. The highest BCUT2D eigenvalue weighted by atomic mass is 31.2. The Labute approximate surface area is 151 Å². The van der Waals surface area contributed by atoms with Crippen molar-refractivity contribution in [3.63, 3.8) is 0 Å². The number of anilines is 2. The zero-order chi connectivity index (χ0) is 18.0. The maximum Gasteiger partial charge on any atom is 0.318 e. The van der Waals surface area contributed by atoms with Crippen molar-refractivity contribution in [1.82, 2.24) is 9.97 Å². The smallest absolute Gasteiger partial charge is 0.318 e. The van der Waals surface area contributed by atoms with E-state index in [-0.39, 0.29) is 12.7 Å². The molecule has 1 aliphatic rings. The van der Waals surface area contributed by atoms with Crippen LogP contribution in [0.15, 0.2) is 48.5 Å². The van der Waals surface area contributed by atoms with E-state index in [1.807, 2.05) is 18.2 Å². The maximum absolute atomic E-state index is 11.8. The predicted octanol–water partition coefficient (Wildman–Crippen LogP) is 1.32. The van der Waals surface area contributed by atoms with Crippen LogP contribution in [0.4, 0.5) is 11.9 Å². The molecule has 0 spiro atoms. The van der Waals surface area contributed by atoms with E-state index in [0.717, 1.165) is 5.56 Å². The summed E-state index contributed by atoms with van der Waals surface area (Å²) in [5.74, 6) is 1.56. The SMILES string of the molecule is C.Cc1nc(N)[nH+]c(N)n1.O=P1([O-])Oc2ccccc2-c2ccccc21. The van der Waals surface area contributed by atoms with Crippen LogP contribution >= 0.6 is 7.60 Å². The number of fused-ring (bicyclic) bond motifs is 3. The number of hydrogen-bond donors (Lipinski definition) is 2. The van der Waals surface area contributed by atoms with Gasteiger partial charge in [-0.2, -0.15) is 0 Å². The summed E-state index contributed by atoms with van der Waals surface area (Å²) in [4.78, 5) is 21.9. The molecule has 5 N–H and O–H groups in total. The summed E-state index contributed by atoms with van der Waals surface area (Å²) in [6.07, 6.45) is 0. The van der Waals surface area contributed by atoms with Gasteiger partial charge in [0.2, 0.25) is 13.4 Å². The molecule has 0 saturated carbocycles. The Morgan fingerprint density at radius 2 is 1.54 bits per heavy atom. The van der Waals surface area contributed by atoms with Crippen molar-refractivity contribution in [1.29, 1.82) is 0 Å². The normalized spacial score (nSPS) is 16.7. The van der Waals surface area contributed by atoms with Crippen molar-refractivity contribution < 1.29 is 19.0 Å². The second-order valence-electron chi connectivity index (χ2n) is 5.27. The molecule has 26 heavy (non-hydrogen) atoms. The van der Waals surface area contributed by atoms with Gasteiger partial charge in [-0.25, -0.2) is 4.98 Å². The molecule has 0 amide bonds. The van der Waals surface area contributed by atoms with Crippen LogP contribution in [-0.2, 0) is 4.57 Å². The average molecular weight is 373 g/mol. The number of aromatic amines is 1. The largest absolute Gasteiger partial charge is 0.765 e. The number of nitrogen functional groups attached to an aromatic ring is 2. The summed E-state index contributed by atoms with van der Waals surface area (Å²) in [7, 11) is -3.96. The van der Waals surface area contributed by atoms with Crippen molar-refractivity contribution in [3.05, 3.63) is 54.4 Å². The second-order valence-corrected chi connectivity index (χ2v) is 6.93. The van der Waals surface area contributed by atoms with Crippen LogP contribution < -0.4 is 31.2 Å². The summed E-state index contributed by atoms with van der Waals surface area (Å²) in [6.45, 7) is 1.72. The fraction of sp³-hybridized carbons (Fsp3) is 0.118. The molecule has 9 heteroatoms. The van der Waals surface area contributed by atoms with Gasteiger partial charge in [-0.15, -0.1) is 9.97 Å². The number of aryl methyl sites for hydroxylation is 1. The van der Waals surface area contributed by atoms with Gasteiger partial charge in [-0.05, 0) is 17.7 Å². The fourth-order valence-electron chi connectivity index (χ4n) is 2.45. The van der Waals surface area contributed by atoms with Crippen LogP contribution in [0.1, 0.15) is 13.3 Å². The van der Waals surface area contributed by atoms with Crippen LogP contribution in [0.25, 0.3) is 11.1 Å². The number of H-pyrrole nitrogens is 1. The van der Waals surface area contributed by atoms with E-state index >= 15 is 0 Å². The average Bonchev–Trinajstić information content (AvgIpc) is 2.54. The summed E-state index contributed by atoms with van der Waals surface area (Å²) >= 11 is 0. The fourth-order valence-corrected chi connectivity index (χ4v) is 3.72. The first-order valence-electron chi connectivity index (χ1n) is 7.35. The number of nitrogens with zero attached hydrogens (tertiary/aromatic N) is 2. The molecule has 0 radical (unpaired) electrons. The Balaban J connectivity index is 0.000000210. The topological polar surface area (TPSA) is 141 Å². The zero-order valence-electron chi connectivity index (χ0n) is 13.3. The van der Waals surface area contributed by atoms with E-state index in [4.69, 9.17) is 16.0 Å². The van der Waals surface area contributed by atoms with Crippen LogP contribution in [0.2, 0.25) is 0 Å². The quantitative estimate of drug-likeness (QED) is 0.566. The first-order chi connectivity index (χ1) is 11.9. The molecule has 136 valence electrons. The molecule has 2 heterocycles. The van der Waals surface area contributed by atoms with E-state index in [1.165, 1.54) is 0 Å². The number of benzene rings is 2. The van der Waals surface area contributed by atoms with Crippen molar-refractivity contribution in [2.45, 2.75) is 14.4 Å². The minimum absolute atomic E-state index is 0. The zero-order valence-corrected chi connectivity index (χ0v) is 14.2. The molecule has 2 aromatic carbocycles. The van der Waals surface area contributed by atoms with Crippen molar-refractivity contribution in [2.24, 2.45) is 0 Å². The Hall–Kier alpha value is -2.96. The van der Waals surface area contributed by atoms with Gasteiger partial charge in [-0.3, -0.25) is 4.57 Å². The van der Waals surface area contributed by atoms with Gasteiger partial charge in [0.1, 0.15) is 5.75 Å². The number of nitrogens with one attached hydrogen (secondary N) is 1. The molecule has 4 rings (SSSR count). The Bertz CT molecular complexity index is 930. The van der Waals surface area contributed by atoms with Crippen molar-refractivity contribution >= 4 is 24.8 Å². The summed E-state index contributed by atoms with van der Waals surface area (Å²) in [6, 6.07) is 14.0. The number of para-hydroxylation sites is 1. The lowest BCUT2D eigenvalue weighted by Crippen LogP contribution is -2.24. The first-order valence-corrected chi connectivity index (χ1v) is 8.89. The minimum atomic E-state index is -3.96. The molecule has 0 aliphatic carbocycles. The monoisotopic (exact) mass is 373 g/mol. The summed E-state index contributed by atoms with van der Waals surface area (Å²) < 4.78 is 16.9. The van der Waals surface area contributed by atoms with Crippen LogP contribution in [0.5, 0.6) is 5.75 Å². The molecule has 1 unspecified atom stereocenters. The molecular weight excluding hydrogens is 353 g/mol. The molecule has 0 saturated heterocycles. The van der Waals surface area contributed by atoms with Gasteiger partial charge in [0.05, 0.1) is 0 Å². The van der Waals surface area contributed by atoms with E-state index < -0.39 is 7.60 Å².